The van der Waals surface area contributed by atoms with Crippen LogP contribution in [0.15, 0.2) is 41.5 Å². The van der Waals surface area contributed by atoms with E-state index >= 15 is 0 Å². The maximum atomic E-state index is 14.5. The number of carbonyl (C=O) groups excluding carboxylic acids is 1. The van der Waals surface area contributed by atoms with Crippen molar-refractivity contribution < 1.29 is 13.6 Å². The van der Waals surface area contributed by atoms with E-state index in [0.29, 0.717) is 18.0 Å². The van der Waals surface area contributed by atoms with Crippen LogP contribution in [0.1, 0.15) is 36.5 Å². The molecule has 0 saturated carbocycles. The second kappa shape index (κ2) is 7.70. The van der Waals surface area contributed by atoms with E-state index in [-0.39, 0.29) is 22.4 Å². The number of aryl methyl sites for hydroxylation is 1. The number of nitrogens with two attached hydrogens (primary N) is 1. The van der Waals surface area contributed by atoms with Crippen molar-refractivity contribution in [2.24, 2.45) is 16.8 Å². The van der Waals surface area contributed by atoms with Crippen molar-refractivity contribution in [2.75, 3.05) is 6.54 Å². The van der Waals surface area contributed by atoms with Gasteiger partial charge in [-0.1, -0.05) is 29.4 Å². The fourth-order valence-corrected chi connectivity index (χ4v) is 6.08. The molecule has 2 atom stereocenters. The molecule has 0 unspecified atom stereocenters. The molecule has 1 heterocycles. The standard InChI is InChI=1S/C21H20ClF2N3OS/c1-12(28)27-21(29-20(26-27)17-11-16(23)6-7-19(17)24)14(8-9-25)4-2-13-3-5-15(22)10-18(13)21/h3,5-7,10-11,14H,2,4,8-9,25H2,1H3/t14-,21+/m1/s1. The molecule has 0 bridgehead atoms. The summed E-state index contributed by atoms with van der Waals surface area (Å²) >= 11 is 7.59. The van der Waals surface area contributed by atoms with Crippen molar-refractivity contribution >= 4 is 34.3 Å². The summed E-state index contributed by atoms with van der Waals surface area (Å²) in [6.07, 6.45) is 2.29. The highest BCUT2D eigenvalue weighted by atomic mass is 35.5. The minimum Gasteiger partial charge on any atom is -0.330 e. The number of amides is 1. The van der Waals surface area contributed by atoms with Crippen molar-refractivity contribution in [3.05, 3.63) is 69.7 Å². The molecule has 2 aliphatic rings. The third-order valence-electron chi connectivity index (χ3n) is 5.50. The first kappa shape index (κ1) is 20.3. The highest BCUT2D eigenvalue weighted by molar-refractivity contribution is 8.15. The smallest absolute Gasteiger partial charge is 0.241 e. The van der Waals surface area contributed by atoms with Crippen LogP contribution in [0.2, 0.25) is 5.02 Å². The van der Waals surface area contributed by atoms with Gasteiger partial charge in [0.25, 0.3) is 0 Å². The Morgan fingerprint density at radius 1 is 1.34 bits per heavy atom. The SMILES string of the molecule is CC(=O)N1N=C(c2cc(F)ccc2F)S[C@@]12c1cc(Cl)ccc1CC[C@@H]2CCN. The van der Waals surface area contributed by atoms with Crippen LogP contribution < -0.4 is 5.73 Å². The Balaban J connectivity index is 1.91. The molecule has 0 saturated heterocycles. The van der Waals surface area contributed by atoms with E-state index in [2.05, 4.69) is 5.10 Å². The topological polar surface area (TPSA) is 58.7 Å². The van der Waals surface area contributed by atoms with Crippen molar-refractivity contribution in [1.29, 1.82) is 0 Å². The van der Waals surface area contributed by atoms with Gasteiger partial charge >= 0.3 is 0 Å². The molecule has 152 valence electrons. The van der Waals surface area contributed by atoms with Gasteiger partial charge in [0.05, 0.1) is 0 Å². The van der Waals surface area contributed by atoms with Gasteiger partial charge < -0.3 is 5.73 Å². The molecular formula is C21H20ClF2N3OS. The third-order valence-corrected chi connectivity index (χ3v) is 7.27. The number of rotatable bonds is 3. The number of hydrogen-bond acceptors (Lipinski definition) is 4. The Kier molecular flexibility index (Phi) is 5.40. The number of benzene rings is 2. The van der Waals surface area contributed by atoms with Crippen LogP contribution in [0, 0.1) is 17.6 Å². The zero-order valence-corrected chi connectivity index (χ0v) is 17.4. The van der Waals surface area contributed by atoms with Gasteiger partial charge in [-0.15, -0.1) is 0 Å². The molecule has 1 aliphatic carbocycles. The molecule has 8 heteroatoms. The lowest BCUT2D eigenvalue weighted by atomic mass is 9.77. The normalized spacial score (nSPS) is 23.3. The summed E-state index contributed by atoms with van der Waals surface area (Å²) in [4.78, 5) is 11.8. The first-order valence-corrected chi connectivity index (χ1v) is 10.6. The highest BCUT2D eigenvalue weighted by Crippen LogP contribution is 2.57. The molecule has 1 spiro atoms. The summed E-state index contributed by atoms with van der Waals surface area (Å²) in [6.45, 7) is 1.87. The van der Waals surface area contributed by atoms with Crippen molar-refractivity contribution in [3.8, 4) is 0 Å². The summed E-state index contributed by atoms with van der Waals surface area (Å²) in [7, 11) is 0. The summed E-state index contributed by atoms with van der Waals surface area (Å²) in [6, 6.07) is 8.87. The molecule has 4 nitrogen and oxygen atoms in total. The van der Waals surface area contributed by atoms with Gasteiger partial charge in [0.1, 0.15) is 21.5 Å². The molecule has 4 rings (SSSR count). The van der Waals surface area contributed by atoms with E-state index < -0.39 is 16.5 Å². The monoisotopic (exact) mass is 435 g/mol. The maximum Gasteiger partial charge on any atom is 0.241 e. The van der Waals surface area contributed by atoms with E-state index in [0.717, 1.165) is 42.2 Å². The number of hydrazone groups is 1. The second-order valence-corrected chi connectivity index (χ2v) is 8.92. The zero-order chi connectivity index (χ0) is 20.8. The second-order valence-electron chi connectivity index (χ2n) is 7.27. The van der Waals surface area contributed by atoms with Gasteiger partial charge in [-0.3, -0.25) is 4.79 Å². The molecule has 2 aromatic carbocycles. The fraction of sp³-hybridized carbons (Fsp3) is 0.333. The van der Waals surface area contributed by atoms with Crippen LogP contribution in [0.25, 0.3) is 0 Å². The third kappa shape index (κ3) is 3.35. The summed E-state index contributed by atoms with van der Waals surface area (Å²) in [5, 5.41) is 6.70. The maximum absolute atomic E-state index is 14.5. The minimum atomic E-state index is -0.891. The van der Waals surface area contributed by atoms with Gasteiger partial charge in [0, 0.05) is 17.5 Å². The molecule has 29 heavy (non-hydrogen) atoms. The van der Waals surface area contributed by atoms with Crippen LogP contribution in [0.4, 0.5) is 8.78 Å². The largest absolute Gasteiger partial charge is 0.330 e. The molecule has 0 radical (unpaired) electrons. The van der Waals surface area contributed by atoms with Crippen molar-refractivity contribution in [3.63, 3.8) is 0 Å². The number of carbonyl (C=O) groups is 1. The van der Waals surface area contributed by atoms with Gasteiger partial charge in [-0.25, -0.2) is 13.8 Å². The van der Waals surface area contributed by atoms with Gasteiger partial charge in [0.2, 0.25) is 5.91 Å². The van der Waals surface area contributed by atoms with Gasteiger partial charge in [0.15, 0.2) is 0 Å². The molecule has 0 fully saturated rings. The Morgan fingerprint density at radius 3 is 2.86 bits per heavy atom. The Hall–Kier alpha value is -1.96. The summed E-state index contributed by atoms with van der Waals surface area (Å²) < 4.78 is 28.3. The van der Waals surface area contributed by atoms with E-state index in [1.807, 2.05) is 18.2 Å². The highest BCUT2D eigenvalue weighted by Gasteiger charge is 2.55. The number of fused-ring (bicyclic) bond motifs is 2. The predicted octanol–water partition coefficient (Wildman–Crippen LogP) is 4.64. The number of hydrogen-bond donors (Lipinski definition) is 1. The number of nitrogens with zero attached hydrogens (tertiary/aromatic N) is 2. The quantitative estimate of drug-likeness (QED) is 0.764. The molecule has 2 N–H and O–H groups in total. The average Bonchev–Trinajstić information content (AvgIpc) is 3.08. The fourth-order valence-electron chi connectivity index (χ4n) is 4.26. The van der Waals surface area contributed by atoms with Crippen LogP contribution >= 0.6 is 23.4 Å². The van der Waals surface area contributed by atoms with E-state index in [9.17, 15) is 13.6 Å². The van der Waals surface area contributed by atoms with Gasteiger partial charge in [-0.05, 0) is 73.2 Å². The zero-order valence-electron chi connectivity index (χ0n) is 15.8. The Morgan fingerprint density at radius 2 is 2.14 bits per heavy atom. The average molecular weight is 436 g/mol. The van der Waals surface area contributed by atoms with Crippen LogP contribution in [-0.2, 0) is 16.1 Å². The van der Waals surface area contributed by atoms with Crippen LogP contribution in [-0.4, -0.2) is 22.5 Å². The Bertz CT molecular complexity index is 1020. The molecule has 1 aliphatic heterocycles. The lowest BCUT2D eigenvalue weighted by molar-refractivity contribution is -0.134. The number of thioether (sulfide) groups is 1. The van der Waals surface area contributed by atoms with Crippen LogP contribution in [0.5, 0.6) is 0 Å². The Labute approximate surface area is 177 Å². The van der Waals surface area contributed by atoms with Crippen molar-refractivity contribution in [1.82, 2.24) is 5.01 Å². The molecular weight excluding hydrogens is 416 g/mol. The molecule has 0 aromatic heterocycles. The minimum absolute atomic E-state index is 0.00904. The van der Waals surface area contributed by atoms with E-state index in [1.165, 1.54) is 23.7 Å². The first-order valence-electron chi connectivity index (χ1n) is 9.39. The lowest BCUT2D eigenvalue weighted by Crippen LogP contribution is -2.49. The van der Waals surface area contributed by atoms with E-state index in [1.54, 1.807) is 0 Å². The van der Waals surface area contributed by atoms with Crippen molar-refractivity contribution in [2.45, 2.75) is 31.1 Å². The van der Waals surface area contributed by atoms with Crippen LogP contribution in [0.3, 0.4) is 0 Å². The van der Waals surface area contributed by atoms with Gasteiger partial charge in [-0.2, -0.15) is 5.10 Å². The summed E-state index contributed by atoms with van der Waals surface area (Å²) in [5.41, 5.74) is 7.87. The lowest BCUT2D eigenvalue weighted by Gasteiger charge is -2.45. The molecule has 2 aromatic rings. The summed E-state index contributed by atoms with van der Waals surface area (Å²) in [5.74, 6) is -1.44. The predicted molar refractivity (Wildman–Crippen MR) is 112 cm³/mol. The van der Waals surface area contributed by atoms with E-state index in [4.69, 9.17) is 17.3 Å². The molecule has 1 amide bonds. The number of halogens is 3. The first-order chi connectivity index (χ1) is 13.9.